The van der Waals surface area contributed by atoms with Crippen molar-refractivity contribution in [1.82, 2.24) is 9.55 Å². The van der Waals surface area contributed by atoms with Gasteiger partial charge in [0.1, 0.15) is 5.02 Å². The fourth-order valence-electron chi connectivity index (χ4n) is 2.98. The van der Waals surface area contributed by atoms with Crippen LogP contribution in [0.5, 0.6) is 0 Å². The van der Waals surface area contributed by atoms with Gasteiger partial charge in [0.2, 0.25) is 0 Å². The molecule has 2 heterocycles. The predicted octanol–water partition coefficient (Wildman–Crippen LogP) is 5.07. The van der Waals surface area contributed by atoms with E-state index in [1.807, 2.05) is 5.38 Å². The molecule has 0 spiro atoms. The van der Waals surface area contributed by atoms with E-state index in [1.165, 1.54) is 30.6 Å². The quantitative estimate of drug-likeness (QED) is 0.749. The molecule has 0 radical (unpaired) electrons. The molecule has 1 saturated carbocycles. The molecule has 1 aliphatic rings. The third-order valence-corrected chi connectivity index (χ3v) is 5.55. The zero-order valence-corrected chi connectivity index (χ0v) is 14.3. The van der Waals surface area contributed by atoms with Gasteiger partial charge in [-0.1, -0.05) is 30.9 Å². The van der Waals surface area contributed by atoms with Crippen molar-refractivity contribution < 1.29 is 13.2 Å². The predicted molar refractivity (Wildman–Crippen MR) is 87.8 cm³/mol. The summed E-state index contributed by atoms with van der Waals surface area (Å²) in [6.07, 6.45) is 2.06. The van der Waals surface area contributed by atoms with E-state index in [4.69, 9.17) is 11.6 Å². The molecular weight excluding hydrogens is 361 g/mol. The Kier molecular flexibility index (Phi) is 5.01. The fraction of sp³-hybridized carbons (Fsp3) is 0.500. The van der Waals surface area contributed by atoms with Gasteiger partial charge < -0.3 is 4.57 Å². The zero-order chi connectivity index (χ0) is 17.3. The molecule has 0 N–H and O–H groups in total. The van der Waals surface area contributed by atoms with Crippen LogP contribution in [0.4, 0.5) is 13.2 Å². The Labute approximate surface area is 146 Å². The van der Waals surface area contributed by atoms with Crippen LogP contribution in [0.25, 0.3) is 0 Å². The largest absolute Gasteiger partial charge is 0.417 e. The highest BCUT2D eigenvalue weighted by Crippen LogP contribution is 2.34. The number of pyridine rings is 1. The maximum Gasteiger partial charge on any atom is 0.417 e. The third-order valence-electron chi connectivity index (χ3n) is 4.23. The second-order valence-electron chi connectivity index (χ2n) is 6.02. The van der Waals surface area contributed by atoms with Gasteiger partial charge in [-0.15, -0.1) is 11.3 Å². The number of hydrogen-bond donors (Lipinski definition) is 0. The van der Waals surface area contributed by atoms with Gasteiger partial charge in [-0.05, 0) is 18.9 Å². The molecule has 24 heavy (non-hydrogen) atoms. The van der Waals surface area contributed by atoms with Crippen LogP contribution in [-0.2, 0) is 12.7 Å². The Balaban J connectivity index is 1.85. The zero-order valence-electron chi connectivity index (χ0n) is 12.8. The Hall–Kier alpha value is -1.34. The van der Waals surface area contributed by atoms with E-state index in [0.29, 0.717) is 17.7 Å². The molecule has 1 fully saturated rings. The van der Waals surface area contributed by atoms with Crippen LogP contribution < -0.4 is 5.56 Å². The number of aromatic nitrogens is 2. The molecule has 130 valence electrons. The van der Waals surface area contributed by atoms with Gasteiger partial charge >= 0.3 is 6.18 Å². The molecule has 3 nitrogen and oxygen atoms in total. The maximum atomic E-state index is 12.9. The van der Waals surface area contributed by atoms with Crippen molar-refractivity contribution in [3.8, 4) is 0 Å². The lowest BCUT2D eigenvalue weighted by molar-refractivity contribution is -0.138. The van der Waals surface area contributed by atoms with Crippen molar-refractivity contribution in [1.29, 1.82) is 0 Å². The van der Waals surface area contributed by atoms with Gasteiger partial charge in [0.15, 0.2) is 0 Å². The van der Waals surface area contributed by atoms with E-state index >= 15 is 0 Å². The Morgan fingerprint density at radius 2 is 2.00 bits per heavy atom. The van der Waals surface area contributed by atoms with Gasteiger partial charge in [-0.25, -0.2) is 4.98 Å². The highest BCUT2D eigenvalue weighted by atomic mass is 35.5. The Morgan fingerprint density at radius 1 is 1.29 bits per heavy atom. The summed E-state index contributed by atoms with van der Waals surface area (Å²) in [6, 6.07) is 0.662. The minimum absolute atomic E-state index is 0.00824. The van der Waals surface area contributed by atoms with Gasteiger partial charge in [0, 0.05) is 17.5 Å². The summed E-state index contributed by atoms with van der Waals surface area (Å²) in [4.78, 5) is 16.5. The number of rotatable bonds is 3. The minimum Gasteiger partial charge on any atom is -0.308 e. The van der Waals surface area contributed by atoms with Crippen LogP contribution in [0.1, 0.15) is 54.3 Å². The molecule has 2 aromatic rings. The van der Waals surface area contributed by atoms with Gasteiger partial charge in [-0.3, -0.25) is 4.79 Å². The first-order valence-corrected chi connectivity index (χ1v) is 9.02. The number of nitrogens with zero attached hydrogens (tertiary/aromatic N) is 2. The van der Waals surface area contributed by atoms with Gasteiger partial charge in [0.25, 0.3) is 5.56 Å². The Bertz CT molecular complexity index is 778. The molecule has 1 aliphatic carbocycles. The molecule has 0 aliphatic heterocycles. The van der Waals surface area contributed by atoms with Crippen LogP contribution in [0.2, 0.25) is 5.02 Å². The summed E-state index contributed by atoms with van der Waals surface area (Å²) in [5.74, 6) is 0.430. The smallest absolute Gasteiger partial charge is 0.308 e. The standard InChI is InChI=1S/C16H16ClF3N2OS/c17-13-6-11(16(18,19)20)7-22(15(13)23)8-12-9-24-14(21-12)10-4-2-1-3-5-10/h6-7,9-10H,1-5,8H2. The number of alkyl halides is 3. The average Bonchev–Trinajstić information content (AvgIpc) is 3.00. The molecule has 0 unspecified atom stereocenters. The summed E-state index contributed by atoms with van der Waals surface area (Å²) in [7, 11) is 0. The molecule has 2 aromatic heterocycles. The lowest BCUT2D eigenvalue weighted by atomic mass is 9.90. The molecule has 0 amide bonds. The van der Waals surface area contributed by atoms with Crippen LogP contribution in [0.3, 0.4) is 0 Å². The molecule has 0 atom stereocenters. The highest BCUT2D eigenvalue weighted by Gasteiger charge is 2.32. The first kappa shape index (κ1) is 17.5. The maximum absolute atomic E-state index is 12.9. The first-order chi connectivity index (χ1) is 11.3. The van der Waals surface area contributed by atoms with Crippen molar-refractivity contribution in [2.75, 3.05) is 0 Å². The van der Waals surface area contributed by atoms with Crippen LogP contribution >= 0.6 is 22.9 Å². The number of hydrogen-bond acceptors (Lipinski definition) is 3. The summed E-state index contributed by atoms with van der Waals surface area (Å²) < 4.78 is 39.6. The first-order valence-electron chi connectivity index (χ1n) is 7.76. The molecule has 3 rings (SSSR count). The van der Waals surface area contributed by atoms with E-state index in [-0.39, 0.29) is 6.54 Å². The van der Waals surface area contributed by atoms with Crippen molar-refractivity contribution in [2.45, 2.75) is 50.7 Å². The topological polar surface area (TPSA) is 34.9 Å². The Morgan fingerprint density at radius 3 is 2.67 bits per heavy atom. The summed E-state index contributed by atoms with van der Waals surface area (Å²) in [6.45, 7) is -0.00824. The monoisotopic (exact) mass is 376 g/mol. The van der Waals surface area contributed by atoms with Crippen molar-refractivity contribution in [3.63, 3.8) is 0 Å². The normalized spacial score (nSPS) is 16.5. The van der Waals surface area contributed by atoms with E-state index < -0.39 is 22.3 Å². The molecule has 0 saturated heterocycles. The van der Waals surface area contributed by atoms with Crippen molar-refractivity contribution in [3.05, 3.63) is 49.3 Å². The number of halogens is 4. The average molecular weight is 377 g/mol. The second-order valence-corrected chi connectivity index (χ2v) is 7.32. The molecule has 0 aromatic carbocycles. The lowest BCUT2D eigenvalue weighted by Crippen LogP contribution is -2.23. The summed E-state index contributed by atoms with van der Waals surface area (Å²) >= 11 is 7.18. The molecule has 0 bridgehead atoms. The highest BCUT2D eigenvalue weighted by molar-refractivity contribution is 7.09. The van der Waals surface area contributed by atoms with Crippen LogP contribution in [0, 0.1) is 0 Å². The molecule has 8 heteroatoms. The second kappa shape index (κ2) is 6.88. The summed E-state index contributed by atoms with van der Waals surface area (Å²) in [5, 5.41) is 2.38. The molecular formula is C16H16ClF3N2OS. The third kappa shape index (κ3) is 3.83. The lowest BCUT2D eigenvalue weighted by Gasteiger charge is -2.18. The van der Waals surface area contributed by atoms with Gasteiger partial charge in [-0.2, -0.15) is 13.2 Å². The SMILES string of the molecule is O=c1c(Cl)cc(C(F)(F)F)cn1Cc1csc(C2CCCCC2)n1. The van der Waals surface area contributed by atoms with Gasteiger partial charge in [0.05, 0.1) is 22.8 Å². The van der Waals surface area contributed by atoms with E-state index in [9.17, 15) is 18.0 Å². The van der Waals surface area contributed by atoms with Crippen LogP contribution in [-0.4, -0.2) is 9.55 Å². The minimum atomic E-state index is -4.55. The van der Waals surface area contributed by atoms with E-state index in [2.05, 4.69) is 4.98 Å². The van der Waals surface area contributed by atoms with E-state index in [0.717, 1.165) is 28.6 Å². The van der Waals surface area contributed by atoms with Crippen molar-refractivity contribution in [2.24, 2.45) is 0 Å². The van der Waals surface area contributed by atoms with Crippen molar-refractivity contribution >= 4 is 22.9 Å². The summed E-state index contributed by atoms with van der Waals surface area (Å²) in [5.41, 5.74) is -0.982. The van der Waals surface area contributed by atoms with E-state index in [1.54, 1.807) is 0 Å². The van der Waals surface area contributed by atoms with Crippen LogP contribution in [0.15, 0.2) is 22.4 Å². The number of thiazole rings is 1. The fourth-order valence-corrected chi connectivity index (χ4v) is 4.19.